The van der Waals surface area contributed by atoms with Gasteiger partial charge >= 0.3 is 0 Å². The van der Waals surface area contributed by atoms with Gasteiger partial charge in [0.05, 0.1) is 10.7 Å². The molecule has 0 radical (unpaired) electrons. The van der Waals surface area contributed by atoms with E-state index in [1.165, 1.54) is 41.3 Å². The minimum Gasteiger partial charge on any atom is -0.326 e. The first-order chi connectivity index (χ1) is 8.15. The Morgan fingerprint density at radius 3 is 2.65 bits per heavy atom. The minimum absolute atomic E-state index is 0.502. The Morgan fingerprint density at radius 1 is 1.41 bits per heavy atom. The molecule has 2 atom stereocenters. The Morgan fingerprint density at radius 2 is 2.18 bits per heavy atom. The third-order valence-corrected chi connectivity index (χ3v) is 5.20. The van der Waals surface area contributed by atoms with Gasteiger partial charge in [0, 0.05) is 17.3 Å². The number of aromatic nitrogens is 1. The van der Waals surface area contributed by atoms with Crippen LogP contribution in [-0.4, -0.2) is 4.98 Å². The van der Waals surface area contributed by atoms with Crippen LogP contribution in [0.15, 0.2) is 0 Å². The Balaban J connectivity index is 2.17. The van der Waals surface area contributed by atoms with E-state index in [-0.39, 0.29) is 0 Å². The van der Waals surface area contributed by atoms with Crippen molar-refractivity contribution in [1.29, 1.82) is 0 Å². The molecular formula is C14H24N2S. The highest BCUT2D eigenvalue weighted by atomic mass is 32.1. The zero-order chi connectivity index (χ0) is 12.4. The molecule has 2 rings (SSSR count). The molecule has 0 aromatic carbocycles. The van der Waals surface area contributed by atoms with E-state index in [4.69, 9.17) is 10.7 Å². The van der Waals surface area contributed by atoms with Crippen molar-refractivity contribution in [1.82, 2.24) is 4.98 Å². The van der Waals surface area contributed by atoms with E-state index < -0.39 is 0 Å². The Hall–Kier alpha value is -0.410. The first-order valence-corrected chi connectivity index (χ1v) is 7.66. The van der Waals surface area contributed by atoms with Crippen LogP contribution in [0.25, 0.3) is 0 Å². The molecule has 0 aliphatic heterocycles. The fourth-order valence-electron chi connectivity index (χ4n) is 2.82. The summed E-state index contributed by atoms with van der Waals surface area (Å²) < 4.78 is 0. The fourth-order valence-corrected chi connectivity index (χ4v) is 4.07. The third-order valence-electron chi connectivity index (χ3n) is 3.94. The molecule has 1 aromatic heterocycles. The van der Waals surface area contributed by atoms with Gasteiger partial charge < -0.3 is 5.73 Å². The summed E-state index contributed by atoms with van der Waals surface area (Å²) in [5, 5.41) is 1.35. The highest BCUT2D eigenvalue weighted by Crippen LogP contribution is 2.42. The highest BCUT2D eigenvalue weighted by Gasteiger charge is 2.28. The molecule has 2 N–H and O–H groups in total. The lowest BCUT2D eigenvalue weighted by atomic mass is 10.0. The molecule has 1 heterocycles. The lowest BCUT2D eigenvalue weighted by Gasteiger charge is -2.06. The summed E-state index contributed by atoms with van der Waals surface area (Å²) in [6.07, 6.45) is 5.37. The molecule has 3 heteroatoms. The second-order valence-electron chi connectivity index (χ2n) is 5.50. The molecule has 0 amide bonds. The molecule has 0 saturated heterocycles. The van der Waals surface area contributed by atoms with Crippen LogP contribution in [0, 0.1) is 5.92 Å². The van der Waals surface area contributed by atoms with Gasteiger partial charge in [-0.1, -0.05) is 27.2 Å². The predicted octanol–water partition coefficient (Wildman–Crippen LogP) is 4.02. The summed E-state index contributed by atoms with van der Waals surface area (Å²) in [6, 6.07) is 0. The molecule has 2 unspecified atom stereocenters. The smallest absolute Gasteiger partial charge is 0.0962 e. The molecular weight excluding hydrogens is 228 g/mol. The fraction of sp³-hybridized carbons (Fsp3) is 0.786. The van der Waals surface area contributed by atoms with Crippen LogP contribution < -0.4 is 5.73 Å². The number of thiazole rings is 1. The summed E-state index contributed by atoms with van der Waals surface area (Å²) >= 11 is 1.86. The molecule has 1 fully saturated rings. The second-order valence-corrected chi connectivity index (χ2v) is 6.62. The number of nitrogens with zero attached hydrogens (tertiary/aromatic N) is 1. The van der Waals surface area contributed by atoms with E-state index in [1.807, 2.05) is 11.3 Å². The zero-order valence-electron chi connectivity index (χ0n) is 11.2. The van der Waals surface area contributed by atoms with E-state index >= 15 is 0 Å². The van der Waals surface area contributed by atoms with Gasteiger partial charge in [-0.05, 0) is 31.1 Å². The molecule has 2 nitrogen and oxygen atoms in total. The summed E-state index contributed by atoms with van der Waals surface area (Å²) in [7, 11) is 0. The molecule has 17 heavy (non-hydrogen) atoms. The van der Waals surface area contributed by atoms with Crippen LogP contribution in [0.5, 0.6) is 0 Å². The number of hydrogen-bond acceptors (Lipinski definition) is 3. The zero-order valence-corrected chi connectivity index (χ0v) is 12.0. The van der Waals surface area contributed by atoms with Crippen LogP contribution in [-0.2, 0) is 6.54 Å². The summed E-state index contributed by atoms with van der Waals surface area (Å²) in [5.41, 5.74) is 7.07. The topological polar surface area (TPSA) is 38.9 Å². The average Bonchev–Trinajstić information content (AvgIpc) is 2.94. The maximum atomic E-state index is 5.82. The van der Waals surface area contributed by atoms with Crippen molar-refractivity contribution < 1.29 is 0 Å². The van der Waals surface area contributed by atoms with Crippen molar-refractivity contribution in [3.8, 4) is 0 Å². The minimum atomic E-state index is 0.502. The van der Waals surface area contributed by atoms with Crippen molar-refractivity contribution in [2.45, 2.75) is 64.8 Å². The lowest BCUT2D eigenvalue weighted by Crippen LogP contribution is -2.00. The van der Waals surface area contributed by atoms with Gasteiger partial charge in [-0.25, -0.2) is 4.98 Å². The van der Waals surface area contributed by atoms with Crippen molar-refractivity contribution in [3.63, 3.8) is 0 Å². The molecule has 1 saturated carbocycles. The summed E-state index contributed by atoms with van der Waals surface area (Å²) in [4.78, 5) is 6.17. The van der Waals surface area contributed by atoms with Crippen LogP contribution >= 0.6 is 11.3 Å². The molecule has 1 aromatic rings. The maximum absolute atomic E-state index is 5.82. The summed E-state index contributed by atoms with van der Waals surface area (Å²) in [5.74, 6) is 2.14. The summed E-state index contributed by atoms with van der Waals surface area (Å²) in [6.45, 7) is 7.37. The normalized spacial score (nSPS) is 24.8. The van der Waals surface area contributed by atoms with Crippen molar-refractivity contribution in [2.75, 3.05) is 0 Å². The van der Waals surface area contributed by atoms with Gasteiger partial charge in [0.2, 0.25) is 0 Å². The van der Waals surface area contributed by atoms with E-state index in [2.05, 4.69) is 20.8 Å². The second kappa shape index (κ2) is 5.49. The molecule has 0 spiro atoms. The lowest BCUT2D eigenvalue weighted by molar-refractivity contribution is 0.520. The molecule has 0 bridgehead atoms. The molecule has 1 aliphatic carbocycles. The van der Waals surface area contributed by atoms with E-state index in [0.29, 0.717) is 18.4 Å². The Kier molecular flexibility index (Phi) is 4.21. The van der Waals surface area contributed by atoms with Gasteiger partial charge in [0.25, 0.3) is 0 Å². The number of rotatable bonds is 4. The maximum Gasteiger partial charge on any atom is 0.0962 e. The SMILES string of the molecule is CCC1CCC(c2nc(C(C)C)c(CN)s2)C1. The first-order valence-electron chi connectivity index (χ1n) is 6.85. The van der Waals surface area contributed by atoms with Gasteiger partial charge in [0.15, 0.2) is 0 Å². The van der Waals surface area contributed by atoms with E-state index in [9.17, 15) is 0 Å². The Labute approximate surface area is 109 Å². The van der Waals surface area contributed by atoms with Crippen molar-refractivity contribution >= 4 is 11.3 Å². The van der Waals surface area contributed by atoms with Gasteiger partial charge in [-0.15, -0.1) is 11.3 Å². The molecule has 1 aliphatic rings. The number of nitrogens with two attached hydrogens (primary N) is 1. The largest absolute Gasteiger partial charge is 0.326 e. The standard InChI is InChI=1S/C14H24N2S/c1-4-10-5-6-11(7-10)14-16-13(9(2)3)12(8-15)17-14/h9-11H,4-8,15H2,1-3H3. The van der Waals surface area contributed by atoms with E-state index in [1.54, 1.807) is 0 Å². The van der Waals surface area contributed by atoms with Crippen LogP contribution in [0.4, 0.5) is 0 Å². The highest BCUT2D eigenvalue weighted by molar-refractivity contribution is 7.11. The van der Waals surface area contributed by atoms with Gasteiger partial charge in [0.1, 0.15) is 0 Å². The monoisotopic (exact) mass is 252 g/mol. The first kappa shape index (κ1) is 13.0. The number of hydrogen-bond donors (Lipinski definition) is 1. The van der Waals surface area contributed by atoms with Crippen LogP contribution in [0.2, 0.25) is 0 Å². The van der Waals surface area contributed by atoms with E-state index in [0.717, 1.165) is 5.92 Å². The Bertz CT molecular complexity index is 370. The van der Waals surface area contributed by atoms with Gasteiger partial charge in [-0.3, -0.25) is 0 Å². The average molecular weight is 252 g/mol. The van der Waals surface area contributed by atoms with Crippen molar-refractivity contribution in [2.24, 2.45) is 11.7 Å². The predicted molar refractivity (Wildman–Crippen MR) is 74.5 cm³/mol. The van der Waals surface area contributed by atoms with Crippen molar-refractivity contribution in [3.05, 3.63) is 15.6 Å². The van der Waals surface area contributed by atoms with Gasteiger partial charge in [-0.2, -0.15) is 0 Å². The third kappa shape index (κ3) is 2.71. The quantitative estimate of drug-likeness (QED) is 0.879. The molecule has 96 valence electrons. The van der Waals surface area contributed by atoms with Crippen LogP contribution in [0.3, 0.4) is 0 Å². The van der Waals surface area contributed by atoms with Crippen LogP contribution in [0.1, 0.15) is 73.9 Å².